The van der Waals surface area contributed by atoms with Crippen molar-refractivity contribution in [2.75, 3.05) is 11.9 Å². The minimum Gasteiger partial charge on any atom is -0.465 e. The summed E-state index contributed by atoms with van der Waals surface area (Å²) < 4.78 is 5.10. The number of ether oxygens (including phenoxy) is 1. The Kier molecular flexibility index (Phi) is 5.29. The number of Topliss-reactive ketones (excluding diaryl/α,β-unsaturated/α-hetero) is 1. The maximum Gasteiger partial charge on any atom is 0.323 e. The Morgan fingerprint density at radius 3 is 2.47 bits per heavy atom. The number of halogens is 1. The van der Waals surface area contributed by atoms with Crippen molar-refractivity contribution < 1.29 is 14.3 Å². The first kappa shape index (κ1) is 15.9. The lowest BCUT2D eigenvalue weighted by atomic mass is 9.76. The highest BCUT2D eigenvalue weighted by molar-refractivity contribution is 9.09. The van der Waals surface area contributed by atoms with Crippen LogP contribution in [0, 0.1) is 13.8 Å². The molecule has 0 fully saturated rings. The number of hydrogen-bond acceptors (Lipinski definition) is 3. The molecule has 19 heavy (non-hydrogen) atoms. The number of benzene rings is 1. The van der Waals surface area contributed by atoms with Crippen LogP contribution in [0.4, 0.5) is 0 Å². The van der Waals surface area contributed by atoms with Gasteiger partial charge >= 0.3 is 5.97 Å². The maximum absolute atomic E-state index is 12.3. The van der Waals surface area contributed by atoms with Crippen molar-refractivity contribution in [2.45, 2.75) is 33.1 Å². The largest absolute Gasteiger partial charge is 0.465 e. The summed E-state index contributed by atoms with van der Waals surface area (Å²) >= 11 is 3.15. The smallest absolute Gasteiger partial charge is 0.323 e. The summed E-state index contributed by atoms with van der Waals surface area (Å²) in [5.41, 5.74) is 1.39. The van der Waals surface area contributed by atoms with E-state index < -0.39 is 11.4 Å². The molecule has 0 radical (unpaired) electrons. The molecular weight excluding hydrogens is 308 g/mol. The molecule has 1 rings (SSSR count). The number of carbonyl (C=O) groups is 2. The van der Waals surface area contributed by atoms with Gasteiger partial charge in [-0.2, -0.15) is 0 Å². The molecule has 0 aliphatic rings. The Morgan fingerprint density at radius 2 is 1.95 bits per heavy atom. The molecule has 0 aliphatic carbocycles. The van der Waals surface area contributed by atoms with Crippen molar-refractivity contribution in [3.8, 4) is 0 Å². The van der Waals surface area contributed by atoms with Crippen molar-refractivity contribution in [3.63, 3.8) is 0 Å². The van der Waals surface area contributed by atoms with Crippen LogP contribution < -0.4 is 0 Å². The molecule has 0 spiro atoms. The second-order valence-electron chi connectivity index (χ2n) is 4.72. The van der Waals surface area contributed by atoms with Crippen molar-refractivity contribution >= 4 is 27.7 Å². The molecule has 1 aromatic rings. The summed E-state index contributed by atoms with van der Waals surface area (Å²) in [6.07, 6.45) is 0. The van der Waals surface area contributed by atoms with Gasteiger partial charge in [-0.05, 0) is 38.8 Å². The monoisotopic (exact) mass is 326 g/mol. The van der Waals surface area contributed by atoms with E-state index in [0.717, 1.165) is 16.7 Å². The van der Waals surface area contributed by atoms with Gasteiger partial charge in [0.2, 0.25) is 0 Å². The average Bonchev–Trinajstić information content (AvgIpc) is 2.39. The van der Waals surface area contributed by atoms with E-state index in [0.29, 0.717) is 0 Å². The molecule has 104 valence electrons. The molecular formula is C15H19BrO3. The Morgan fingerprint density at radius 1 is 1.32 bits per heavy atom. The van der Waals surface area contributed by atoms with Gasteiger partial charge < -0.3 is 4.74 Å². The van der Waals surface area contributed by atoms with Gasteiger partial charge in [0.15, 0.2) is 5.78 Å². The summed E-state index contributed by atoms with van der Waals surface area (Å²) in [5.74, 6) is -0.687. The van der Waals surface area contributed by atoms with E-state index in [-0.39, 0.29) is 17.7 Å². The maximum atomic E-state index is 12.3. The number of carbonyl (C=O) groups excluding carboxylic acids is 2. The average molecular weight is 327 g/mol. The number of alkyl halides is 1. The van der Waals surface area contributed by atoms with E-state index in [1.54, 1.807) is 13.8 Å². The molecule has 1 unspecified atom stereocenters. The number of aryl methyl sites for hydroxylation is 2. The minimum absolute atomic E-state index is 0.121. The zero-order valence-electron chi connectivity index (χ0n) is 11.7. The van der Waals surface area contributed by atoms with Crippen LogP contribution in [0.2, 0.25) is 0 Å². The molecule has 0 heterocycles. The first-order valence-corrected chi connectivity index (χ1v) is 7.34. The Bertz CT molecular complexity index is 496. The van der Waals surface area contributed by atoms with Crippen LogP contribution >= 0.6 is 15.9 Å². The highest BCUT2D eigenvalue weighted by Gasteiger charge is 2.44. The summed E-state index contributed by atoms with van der Waals surface area (Å²) in [6, 6.07) is 5.76. The Labute approximate surface area is 122 Å². The lowest BCUT2D eigenvalue weighted by Gasteiger charge is -2.27. The second kappa shape index (κ2) is 6.33. The normalized spacial score (nSPS) is 13.7. The molecule has 0 N–H and O–H groups in total. The van der Waals surface area contributed by atoms with Gasteiger partial charge in [-0.1, -0.05) is 39.7 Å². The molecule has 1 atom stereocenters. The zero-order valence-corrected chi connectivity index (χ0v) is 13.3. The number of rotatable bonds is 5. The van der Waals surface area contributed by atoms with Crippen LogP contribution in [-0.2, 0) is 19.7 Å². The standard InChI is InChI=1S/C15H19BrO3/c1-5-19-14(18)15(4,13(17)9-16)12-8-10(2)6-7-11(12)3/h6-8H,5,9H2,1-4H3. The molecule has 3 nitrogen and oxygen atoms in total. The summed E-state index contributed by atoms with van der Waals surface area (Å²) in [5, 5.41) is 0.121. The van der Waals surface area contributed by atoms with E-state index >= 15 is 0 Å². The van der Waals surface area contributed by atoms with Gasteiger partial charge in [0.25, 0.3) is 0 Å². The molecule has 0 saturated heterocycles. The van der Waals surface area contributed by atoms with E-state index in [4.69, 9.17) is 4.74 Å². The van der Waals surface area contributed by atoms with Gasteiger partial charge in [-0.15, -0.1) is 0 Å². The molecule has 0 aliphatic heterocycles. The van der Waals surface area contributed by atoms with Gasteiger partial charge in [0, 0.05) is 0 Å². The third kappa shape index (κ3) is 3.06. The Hall–Kier alpha value is -1.16. The summed E-state index contributed by atoms with van der Waals surface area (Å²) in [6.45, 7) is 7.46. The van der Waals surface area contributed by atoms with Crippen molar-refractivity contribution in [2.24, 2.45) is 0 Å². The number of ketones is 1. The number of esters is 1. The minimum atomic E-state index is -1.25. The first-order chi connectivity index (χ1) is 8.87. The lowest BCUT2D eigenvalue weighted by molar-refractivity contribution is -0.152. The predicted molar refractivity (Wildman–Crippen MR) is 78.7 cm³/mol. The highest BCUT2D eigenvalue weighted by Crippen LogP contribution is 2.31. The third-order valence-electron chi connectivity index (χ3n) is 3.29. The highest BCUT2D eigenvalue weighted by atomic mass is 79.9. The predicted octanol–water partition coefficient (Wildman–Crippen LogP) is 3.09. The summed E-state index contributed by atoms with van der Waals surface area (Å²) in [7, 11) is 0. The van der Waals surface area contributed by atoms with Crippen molar-refractivity contribution in [3.05, 3.63) is 34.9 Å². The van der Waals surface area contributed by atoms with Crippen LogP contribution in [0.1, 0.15) is 30.5 Å². The topological polar surface area (TPSA) is 43.4 Å². The third-order valence-corrected chi connectivity index (χ3v) is 3.80. The van der Waals surface area contributed by atoms with Crippen LogP contribution in [0.3, 0.4) is 0 Å². The zero-order chi connectivity index (χ0) is 14.6. The fourth-order valence-corrected chi connectivity index (χ4v) is 2.62. The van der Waals surface area contributed by atoms with E-state index in [1.165, 1.54) is 0 Å². The molecule has 4 heteroatoms. The van der Waals surface area contributed by atoms with Crippen LogP contribution in [0.5, 0.6) is 0 Å². The van der Waals surface area contributed by atoms with E-state index in [1.807, 2.05) is 32.0 Å². The number of hydrogen-bond donors (Lipinski definition) is 0. The fraction of sp³-hybridized carbons (Fsp3) is 0.467. The van der Waals surface area contributed by atoms with Gasteiger partial charge in [-0.3, -0.25) is 9.59 Å². The molecule has 1 aromatic carbocycles. The second-order valence-corrected chi connectivity index (χ2v) is 5.28. The Balaban J connectivity index is 3.43. The first-order valence-electron chi connectivity index (χ1n) is 6.22. The van der Waals surface area contributed by atoms with Gasteiger partial charge in [-0.25, -0.2) is 0 Å². The van der Waals surface area contributed by atoms with Gasteiger partial charge in [0.1, 0.15) is 5.41 Å². The van der Waals surface area contributed by atoms with Crippen LogP contribution in [-0.4, -0.2) is 23.7 Å². The molecule has 0 aromatic heterocycles. The van der Waals surface area contributed by atoms with Crippen molar-refractivity contribution in [1.82, 2.24) is 0 Å². The van der Waals surface area contributed by atoms with E-state index in [9.17, 15) is 9.59 Å². The molecule has 0 amide bonds. The van der Waals surface area contributed by atoms with Crippen LogP contribution in [0.25, 0.3) is 0 Å². The lowest BCUT2D eigenvalue weighted by Crippen LogP contribution is -2.43. The molecule has 0 bridgehead atoms. The quantitative estimate of drug-likeness (QED) is 0.474. The summed E-state index contributed by atoms with van der Waals surface area (Å²) in [4.78, 5) is 24.5. The van der Waals surface area contributed by atoms with Crippen molar-refractivity contribution in [1.29, 1.82) is 0 Å². The van der Waals surface area contributed by atoms with Gasteiger partial charge in [0.05, 0.1) is 11.9 Å². The SMILES string of the molecule is CCOC(=O)C(C)(C(=O)CBr)c1cc(C)ccc1C. The van der Waals surface area contributed by atoms with Crippen LogP contribution in [0.15, 0.2) is 18.2 Å². The van der Waals surface area contributed by atoms with E-state index in [2.05, 4.69) is 15.9 Å². The fourth-order valence-electron chi connectivity index (χ4n) is 2.06. The molecule has 0 saturated carbocycles.